The highest BCUT2D eigenvalue weighted by Gasteiger charge is 2.03. The van der Waals surface area contributed by atoms with E-state index in [0.29, 0.717) is 13.0 Å². The van der Waals surface area contributed by atoms with E-state index in [9.17, 15) is 5.11 Å². The summed E-state index contributed by atoms with van der Waals surface area (Å²) in [5.74, 6) is 1.00. The summed E-state index contributed by atoms with van der Waals surface area (Å²) in [6.45, 7) is 4.56. The topological polar surface area (TPSA) is 84.1 Å². The van der Waals surface area contributed by atoms with Gasteiger partial charge in [-0.2, -0.15) is 4.98 Å². The summed E-state index contributed by atoms with van der Waals surface area (Å²) < 4.78 is 0. The Morgan fingerprint density at radius 3 is 3.00 bits per heavy atom. The Hall–Kier alpha value is -1.36. The molecule has 0 saturated heterocycles. The van der Waals surface area contributed by atoms with Crippen LogP contribution in [0.5, 0.6) is 0 Å². The largest absolute Gasteiger partial charge is 0.393 e. The van der Waals surface area contributed by atoms with Crippen LogP contribution in [0.2, 0.25) is 0 Å². The summed E-state index contributed by atoms with van der Waals surface area (Å²) in [7, 11) is 0. The lowest BCUT2D eigenvalue weighted by Crippen LogP contribution is -2.14. The van der Waals surface area contributed by atoms with Gasteiger partial charge in [-0.25, -0.2) is 4.98 Å². The first kappa shape index (κ1) is 11.7. The molecule has 0 saturated carbocycles. The SMILES string of the molecule is CCC(O)CCNc1nc(N)ncc1C. The first-order valence-corrected chi connectivity index (χ1v) is 5.14. The number of aliphatic hydroxyl groups excluding tert-OH is 1. The van der Waals surface area contributed by atoms with E-state index in [1.54, 1.807) is 6.20 Å². The molecule has 5 nitrogen and oxygen atoms in total. The molecule has 1 aromatic heterocycles. The molecule has 4 N–H and O–H groups in total. The van der Waals surface area contributed by atoms with Gasteiger partial charge in [0.25, 0.3) is 0 Å². The fourth-order valence-electron chi connectivity index (χ4n) is 1.20. The first-order chi connectivity index (χ1) is 7.13. The molecule has 84 valence electrons. The second kappa shape index (κ2) is 5.50. The maximum atomic E-state index is 9.36. The molecule has 0 aliphatic carbocycles. The van der Waals surface area contributed by atoms with Crippen LogP contribution in [0.25, 0.3) is 0 Å². The molecule has 0 radical (unpaired) electrons. The van der Waals surface area contributed by atoms with E-state index in [-0.39, 0.29) is 12.1 Å². The summed E-state index contributed by atoms with van der Waals surface area (Å²) in [6, 6.07) is 0. The van der Waals surface area contributed by atoms with Crippen LogP contribution >= 0.6 is 0 Å². The van der Waals surface area contributed by atoms with Gasteiger partial charge in [0.15, 0.2) is 0 Å². The quantitative estimate of drug-likeness (QED) is 0.673. The Morgan fingerprint density at radius 1 is 1.60 bits per heavy atom. The van der Waals surface area contributed by atoms with Gasteiger partial charge in [-0.15, -0.1) is 0 Å². The van der Waals surface area contributed by atoms with Gasteiger partial charge < -0.3 is 16.2 Å². The van der Waals surface area contributed by atoms with Gasteiger partial charge in [0, 0.05) is 18.3 Å². The van der Waals surface area contributed by atoms with Crippen molar-refractivity contribution in [3.63, 3.8) is 0 Å². The fourth-order valence-corrected chi connectivity index (χ4v) is 1.20. The average Bonchev–Trinajstić information content (AvgIpc) is 2.23. The number of nitrogens with one attached hydrogen (secondary N) is 1. The van der Waals surface area contributed by atoms with Crippen molar-refractivity contribution in [3.05, 3.63) is 11.8 Å². The van der Waals surface area contributed by atoms with E-state index in [1.165, 1.54) is 0 Å². The Labute approximate surface area is 89.7 Å². The third kappa shape index (κ3) is 3.71. The van der Waals surface area contributed by atoms with Gasteiger partial charge in [0.1, 0.15) is 5.82 Å². The zero-order valence-corrected chi connectivity index (χ0v) is 9.20. The summed E-state index contributed by atoms with van der Waals surface area (Å²) in [5, 5.41) is 12.5. The van der Waals surface area contributed by atoms with Crippen LogP contribution in [0.15, 0.2) is 6.20 Å². The van der Waals surface area contributed by atoms with Crippen molar-refractivity contribution >= 4 is 11.8 Å². The number of rotatable bonds is 5. The zero-order chi connectivity index (χ0) is 11.3. The van der Waals surface area contributed by atoms with Gasteiger partial charge in [0.05, 0.1) is 6.10 Å². The second-order valence-corrected chi connectivity index (χ2v) is 3.54. The number of nitrogen functional groups attached to an aromatic ring is 1. The van der Waals surface area contributed by atoms with Crippen LogP contribution < -0.4 is 11.1 Å². The van der Waals surface area contributed by atoms with Crippen LogP contribution in [0, 0.1) is 6.92 Å². The van der Waals surface area contributed by atoms with Crippen molar-refractivity contribution in [2.75, 3.05) is 17.6 Å². The van der Waals surface area contributed by atoms with Crippen molar-refractivity contribution in [1.29, 1.82) is 0 Å². The van der Waals surface area contributed by atoms with Gasteiger partial charge >= 0.3 is 0 Å². The van der Waals surface area contributed by atoms with E-state index in [4.69, 9.17) is 5.73 Å². The smallest absolute Gasteiger partial charge is 0.221 e. The molecule has 1 heterocycles. The Morgan fingerprint density at radius 2 is 2.33 bits per heavy atom. The lowest BCUT2D eigenvalue weighted by molar-refractivity contribution is 0.164. The standard InChI is InChI=1S/C10H18N4O/c1-3-8(15)4-5-12-9-7(2)6-13-10(11)14-9/h6,8,15H,3-5H2,1-2H3,(H3,11,12,13,14). The van der Waals surface area contributed by atoms with Crippen molar-refractivity contribution in [1.82, 2.24) is 9.97 Å². The number of nitrogens with two attached hydrogens (primary N) is 1. The highest BCUT2D eigenvalue weighted by atomic mass is 16.3. The molecule has 1 aromatic rings. The van der Waals surface area contributed by atoms with Crippen molar-refractivity contribution in [3.8, 4) is 0 Å². The van der Waals surface area contributed by atoms with E-state index in [2.05, 4.69) is 15.3 Å². The highest BCUT2D eigenvalue weighted by molar-refractivity contribution is 5.44. The molecule has 1 rings (SSSR count). The number of aliphatic hydroxyl groups is 1. The molecule has 15 heavy (non-hydrogen) atoms. The van der Waals surface area contributed by atoms with Gasteiger partial charge in [-0.3, -0.25) is 0 Å². The third-order valence-corrected chi connectivity index (χ3v) is 2.23. The summed E-state index contributed by atoms with van der Waals surface area (Å²) in [5.41, 5.74) is 6.43. The van der Waals surface area contributed by atoms with E-state index >= 15 is 0 Å². The summed E-state index contributed by atoms with van der Waals surface area (Å²) in [6.07, 6.45) is 2.91. The second-order valence-electron chi connectivity index (χ2n) is 3.54. The minimum atomic E-state index is -0.253. The Kier molecular flexibility index (Phi) is 4.30. The molecule has 0 aliphatic heterocycles. The van der Waals surface area contributed by atoms with Crippen LogP contribution in [-0.2, 0) is 0 Å². The number of hydrogen-bond donors (Lipinski definition) is 3. The molecule has 1 unspecified atom stereocenters. The lowest BCUT2D eigenvalue weighted by atomic mass is 10.2. The van der Waals surface area contributed by atoms with Crippen LogP contribution in [0.3, 0.4) is 0 Å². The Balaban J connectivity index is 2.46. The number of anilines is 2. The van der Waals surface area contributed by atoms with Crippen molar-refractivity contribution < 1.29 is 5.11 Å². The van der Waals surface area contributed by atoms with Crippen LogP contribution in [0.4, 0.5) is 11.8 Å². The first-order valence-electron chi connectivity index (χ1n) is 5.14. The predicted molar refractivity (Wildman–Crippen MR) is 60.6 cm³/mol. The summed E-state index contributed by atoms with van der Waals surface area (Å²) in [4.78, 5) is 7.95. The molecule has 1 atom stereocenters. The van der Waals surface area contributed by atoms with Crippen LogP contribution in [0.1, 0.15) is 25.3 Å². The van der Waals surface area contributed by atoms with Gasteiger partial charge in [-0.05, 0) is 19.8 Å². The maximum Gasteiger partial charge on any atom is 0.221 e. The van der Waals surface area contributed by atoms with Gasteiger partial charge in [0.2, 0.25) is 5.95 Å². The Bertz CT molecular complexity index is 316. The van der Waals surface area contributed by atoms with Crippen molar-refractivity contribution in [2.24, 2.45) is 0 Å². The number of aromatic nitrogens is 2. The molecule has 0 fully saturated rings. The van der Waals surface area contributed by atoms with Gasteiger partial charge in [-0.1, -0.05) is 6.92 Å². The highest BCUT2D eigenvalue weighted by Crippen LogP contribution is 2.10. The molecule has 0 spiro atoms. The monoisotopic (exact) mass is 210 g/mol. The molecule has 5 heteroatoms. The van der Waals surface area contributed by atoms with E-state index < -0.39 is 0 Å². The average molecular weight is 210 g/mol. The fraction of sp³-hybridized carbons (Fsp3) is 0.600. The predicted octanol–water partition coefficient (Wildman–Crippen LogP) is 0.940. The normalized spacial score (nSPS) is 12.5. The minimum Gasteiger partial charge on any atom is -0.393 e. The minimum absolute atomic E-state index is 0.253. The van der Waals surface area contributed by atoms with Crippen molar-refractivity contribution in [2.45, 2.75) is 32.8 Å². The lowest BCUT2D eigenvalue weighted by Gasteiger charge is -2.10. The molecule has 0 bridgehead atoms. The zero-order valence-electron chi connectivity index (χ0n) is 9.20. The number of aryl methyl sites for hydroxylation is 1. The maximum absolute atomic E-state index is 9.36. The van der Waals surface area contributed by atoms with Crippen LogP contribution in [-0.4, -0.2) is 27.7 Å². The molecular formula is C10H18N4O. The molecule has 0 aromatic carbocycles. The van der Waals surface area contributed by atoms with E-state index in [1.807, 2.05) is 13.8 Å². The molecular weight excluding hydrogens is 192 g/mol. The number of hydrogen-bond acceptors (Lipinski definition) is 5. The third-order valence-electron chi connectivity index (χ3n) is 2.23. The van der Waals surface area contributed by atoms with E-state index in [0.717, 1.165) is 17.8 Å². The molecule has 0 aliphatic rings. The number of nitrogens with zero attached hydrogens (tertiary/aromatic N) is 2. The molecule has 0 amide bonds. The summed E-state index contributed by atoms with van der Waals surface area (Å²) >= 11 is 0.